The second-order valence-corrected chi connectivity index (χ2v) is 12.3. The number of benzene rings is 2. The van der Waals surface area contributed by atoms with Crippen molar-refractivity contribution >= 4 is 0 Å². The zero-order valence-electron chi connectivity index (χ0n) is 24.3. The summed E-state index contributed by atoms with van der Waals surface area (Å²) in [5.74, 6) is 0. The molecule has 2 saturated heterocycles. The summed E-state index contributed by atoms with van der Waals surface area (Å²) in [6.45, 7) is 3.79. The van der Waals surface area contributed by atoms with Crippen LogP contribution in [0.15, 0.2) is 60.7 Å². The Morgan fingerprint density at radius 1 is 0.538 bits per heavy atom. The van der Waals surface area contributed by atoms with Gasteiger partial charge in [0.1, 0.15) is 0 Å². The third-order valence-electron chi connectivity index (χ3n) is 9.05. The molecular weight excluding hydrogens is 480 g/mol. The molecule has 0 amide bonds. The summed E-state index contributed by atoms with van der Waals surface area (Å²) in [6.07, 6.45) is 17.5. The number of rotatable bonds is 20. The first-order chi connectivity index (χ1) is 19.2. The summed E-state index contributed by atoms with van der Waals surface area (Å²) in [7, 11) is 0. The number of aryl methyl sites for hydroxylation is 2. The Labute approximate surface area is 238 Å². The number of fused-ring (bicyclic) bond motifs is 2. The lowest BCUT2D eigenvalue weighted by molar-refractivity contribution is 0.0412. The summed E-state index contributed by atoms with van der Waals surface area (Å²) in [4.78, 5) is 5.04. The monoisotopic (exact) mass is 534 g/mol. The number of likely N-dealkylation sites (tertiary alicyclic amines) is 2. The maximum Gasteiger partial charge on any atom is 0.0667 e. The van der Waals surface area contributed by atoms with Crippen molar-refractivity contribution in [2.75, 3.05) is 26.2 Å². The van der Waals surface area contributed by atoms with Gasteiger partial charge in [-0.15, -0.1) is 0 Å². The smallest absolute Gasteiger partial charge is 0.0667 e. The number of hydrogen-bond donors (Lipinski definition) is 2. The number of hydrogen-bond acceptors (Lipinski definition) is 4. The molecule has 2 aromatic carbocycles. The van der Waals surface area contributed by atoms with Crippen LogP contribution in [0.4, 0.5) is 0 Å². The Kier molecular flexibility index (Phi) is 13.3. The Morgan fingerprint density at radius 2 is 0.923 bits per heavy atom. The van der Waals surface area contributed by atoms with Gasteiger partial charge in [-0.1, -0.05) is 112 Å². The largest absolute Gasteiger partial charge is 0.392 e. The standard InChI is InChI=1S/C35H54N2O2/c38-34(23-15-5-1-3-9-17-30-19-11-7-12-20-30)28-36-26-33-25-32(36)27-37(33)29-35(39)24-16-6-2-4-10-18-31-21-13-8-14-22-31/h7-8,11-14,19-22,32-35,38-39H,1-6,9-10,15-18,23-29H2/t32-,33-,34+,35+/m0/s1. The maximum atomic E-state index is 10.6. The first kappa shape index (κ1) is 30.2. The molecular formula is C35H54N2O2. The zero-order valence-corrected chi connectivity index (χ0v) is 24.3. The summed E-state index contributed by atoms with van der Waals surface area (Å²) in [6, 6.07) is 22.7. The Bertz CT molecular complexity index is 819. The third kappa shape index (κ3) is 11.0. The fourth-order valence-electron chi connectivity index (χ4n) is 6.77. The first-order valence-electron chi connectivity index (χ1n) is 16.1. The molecule has 0 aliphatic carbocycles. The van der Waals surface area contributed by atoms with E-state index in [-0.39, 0.29) is 12.2 Å². The summed E-state index contributed by atoms with van der Waals surface area (Å²) in [5.41, 5.74) is 2.89. The van der Waals surface area contributed by atoms with Gasteiger partial charge in [0, 0.05) is 38.3 Å². The highest BCUT2D eigenvalue weighted by molar-refractivity contribution is 5.15. The quantitative estimate of drug-likeness (QED) is 0.187. The van der Waals surface area contributed by atoms with Crippen molar-refractivity contribution in [2.45, 2.75) is 121 Å². The average Bonchev–Trinajstić information content (AvgIpc) is 3.53. The van der Waals surface area contributed by atoms with E-state index in [0.29, 0.717) is 12.1 Å². The first-order valence-corrected chi connectivity index (χ1v) is 16.1. The molecule has 0 saturated carbocycles. The van der Waals surface area contributed by atoms with E-state index >= 15 is 0 Å². The van der Waals surface area contributed by atoms with Gasteiger partial charge in [0.25, 0.3) is 0 Å². The second kappa shape index (κ2) is 17.2. The topological polar surface area (TPSA) is 46.9 Å². The third-order valence-corrected chi connectivity index (χ3v) is 9.05. The predicted octanol–water partition coefficient (Wildman–Crippen LogP) is 6.63. The lowest BCUT2D eigenvalue weighted by Crippen LogP contribution is -2.50. The van der Waals surface area contributed by atoms with Gasteiger partial charge in [0.15, 0.2) is 0 Å². The highest BCUT2D eigenvalue weighted by atomic mass is 16.3. The van der Waals surface area contributed by atoms with Crippen LogP contribution >= 0.6 is 0 Å². The van der Waals surface area contributed by atoms with Crippen molar-refractivity contribution in [2.24, 2.45) is 0 Å². The van der Waals surface area contributed by atoms with Crippen LogP contribution in [-0.2, 0) is 12.8 Å². The van der Waals surface area contributed by atoms with Gasteiger partial charge < -0.3 is 10.2 Å². The van der Waals surface area contributed by atoms with Crippen LogP contribution in [0.5, 0.6) is 0 Å². The number of aliphatic hydroxyl groups is 2. The van der Waals surface area contributed by atoms with Crippen LogP contribution in [0.2, 0.25) is 0 Å². The van der Waals surface area contributed by atoms with Gasteiger partial charge in [-0.25, -0.2) is 0 Å². The van der Waals surface area contributed by atoms with Gasteiger partial charge in [-0.2, -0.15) is 0 Å². The van der Waals surface area contributed by atoms with Gasteiger partial charge >= 0.3 is 0 Å². The van der Waals surface area contributed by atoms with Gasteiger partial charge in [0.05, 0.1) is 12.2 Å². The number of aliphatic hydroxyl groups excluding tert-OH is 2. The van der Waals surface area contributed by atoms with Gasteiger partial charge in [-0.05, 0) is 56.1 Å². The number of unbranched alkanes of at least 4 members (excludes halogenated alkanes) is 8. The fraction of sp³-hybridized carbons (Fsp3) is 0.657. The normalized spacial score (nSPS) is 21.0. The Morgan fingerprint density at radius 3 is 1.33 bits per heavy atom. The van der Waals surface area contributed by atoms with Crippen molar-refractivity contribution in [3.8, 4) is 0 Å². The molecule has 0 radical (unpaired) electrons. The van der Waals surface area contributed by atoms with Crippen LogP contribution in [0.3, 0.4) is 0 Å². The lowest BCUT2D eigenvalue weighted by Gasteiger charge is -2.36. The average molecular weight is 535 g/mol. The lowest BCUT2D eigenvalue weighted by atomic mass is 10.0. The van der Waals surface area contributed by atoms with E-state index in [0.717, 1.165) is 51.9 Å². The number of nitrogens with zero attached hydrogens (tertiary/aromatic N) is 2. The fourth-order valence-corrected chi connectivity index (χ4v) is 6.77. The molecule has 4 heteroatoms. The van der Waals surface area contributed by atoms with Crippen LogP contribution in [0.1, 0.15) is 94.6 Å². The van der Waals surface area contributed by atoms with Crippen molar-refractivity contribution in [1.29, 1.82) is 0 Å². The van der Waals surface area contributed by atoms with Gasteiger partial charge in [-0.3, -0.25) is 9.80 Å². The van der Waals surface area contributed by atoms with Crippen LogP contribution in [-0.4, -0.2) is 70.5 Å². The van der Waals surface area contributed by atoms with E-state index in [1.54, 1.807) is 0 Å². The minimum absolute atomic E-state index is 0.194. The van der Waals surface area contributed by atoms with E-state index < -0.39 is 0 Å². The molecule has 2 fully saturated rings. The van der Waals surface area contributed by atoms with Crippen LogP contribution in [0.25, 0.3) is 0 Å². The van der Waals surface area contributed by atoms with Crippen molar-refractivity contribution in [3.05, 3.63) is 71.8 Å². The molecule has 4 rings (SSSR count). The van der Waals surface area contributed by atoms with Crippen LogP contribution in [0, 0.1) is 0 Å². The molecule has 39 heavy (non-hydrogen) atoms. The van der Waals surface area contributed by atoms with E-state index in [1.165, 1.54) is 81.8 Å². The molecule has 2 aliphatic rings. The molecule has 0 spiro atoms. The minimum Gasteiger partial charge on any atom is -0.392 e. The minimum atomic E-state index is -0.194. The molecule has 4 atom stereocenters. The van der Waals surface area contributed by atoms with E-state index in [1.807, 2.05) is 0 Å². The highest BCUT2D eigenvalue weighted by Crippen LogP contribution is 2.31. The Balaban J connectivity index is 0.970. The predicted molar refractivity (Wildman–Crippen MR) is 163 cm³/mol. The second-order valence-electron chi connectivity index (χ2n) is 12.3. The zero-order chi connectivity index (χ0) is 27.1. The summed E-state index contributed by atoms with van der Waals surface area (Å²) in [5, 5.41) is 21.3. The molecule has 216 valence electrons. The molecule has 0 aromatic heterocycles. The van der Waals surface area contributed by atoms with Crippen molar-refractivity contribution in [1.82, 2.24) is 9.80 Å². The molecule has 2 heterocycles. The van der Waals surface area contributed by atoms with E-state index in [4.69, 9.17) is 0 Å². The molecule has 2 aromatic rings. The van der Waals surface area contributed by atoms with Crippen molar-refractivity contribution in [3.63, 3.8) is 0 Å². The maximum absolute atomic E-state index is 10.6. The molecule has 2 N–H and O–H groups in total. The number of β-amino-alcohol motifs (C(OH)–C–C–N with tert-alkyl or cyclic N) is 2. The highest BCUT2D eigenvalue weighted by Gasteiger charge is 2.43. The molecule has 2 bridgehead atoms. The Hall–Kier alpha value is -1.72. The molecule has 0 unspecified atom stereocenters. The van der Waals surface area contributed by atoms with Gasteiger partial charge in [0.2, 0.25) is 0 Å². The molecule has 2 aliphatic heterocycles. The SMILES string of the molecule is O[C@H](CCCCCCCc1ccccc1)CN1C[C@@H]2C[C@H]1CN2C[C@H](O)CCCCCCCc1ccccc1. The summed E-state index contributed by atoms with van der Waals surface area (Å²) < 4.78 is 0. The van der Waals surface area contributed by atoms with Crippen molar-refractivity contribution < 1.29 is 10.2 Å². The van der Waals surface area contributed by atoms with Crippen LogP contribution < -0.4 is 0 Å². The van der Waals surface area contributed by atoms with E-state index in [9.17, 15) is 10.2 Å². The number of piperazine rings is 1. The molecule has 4 nitrogen and oxygen atoms in total. The van der Waals surface area contributed by atoms with E-state index in [2.05, 4.69) is 70.5 Å². The summed E-state index contributed by atoms with van der Waals surface area (Å²) >= 11 is 0.